The van der Waals surface area contributed by atoms with E-state index in [1.807, 2.05) is 48.5 Å². The summed E-state index contributed by atoms with van der Waals surface area (Å²) in [7, 11) is 1.67. The number of carbonyl (C=O) groups excluding carboxylic acids is 1. The summed E-state index contributed by atoms with van der Waals surface area (Å²) < 4.78 is 5.22. The van der Waals surface area contributed by atoms with E-state index in [9.17, 15) is 4.79 Å². The molecule has 1 aliphatic rings. The van der Waals surface area contributed by atoms with Gasteiger partial charge in [0.15, 0.2) is 0 Å². The van der Waals surface area contributed by atoms with Crippen molar-refractivity contribution >= 4 is 34.9 Å². The van der Waals surface area contributed by atoms with Crippen molar-refractivity contribution in [3.63, 3.8) is 0 Å². The fourth-order valence-electron chi connectivity index (χ4n) is 3.65. The van der Waals surface area contributed by atoms with Gasteiger partial charge in [-0.15, -0.1) is 0 Å². The standard InChI is InChI=1S/C23H27N7O2/c1-16(31)26-19-4-3-5-20(14-19)28-22-24-15-25-23(29-22)30-12-10-18(11-13-30)27-17-6-8-21(32-2)9-7-17/h3-9,14-15,18,27H,10-13H2,1-2H3,(H,26,31)(H,24,25,28,29). The lowest BCUT2D eigenvalue weighted by Gasteiger charge is -2.32. The lowest BCUT2D eigenvalue weighted by Crippen LogP contribution is -2.40. The third kappa shape index (κ3) is 5.63. The second-order valence-electron chi connectivity index (χ2n) is 7.63. The first-order valence-electron chi connectivity index (χ1n) is 10.6. The smallest absolute Gasteiger partial charge is 0.231 e. The Bertz CT molecular complexity index is 1050. The summed E-state index contributed by atoms with van der Waals surface area (Å²) in [5, 5.41) is 9.54. The quantitative estimate of drug-likeness (QED) is 0.519. The Morgan fingerprint density at radius 3 is 2.50 bits per heavy atom. The molecule has 0 bridgehead atoms. The Kier molecular flexibility index (Phi) is 6.64. The van der Waals surface area contributed by atoms with Crippen LogP contribution in [0.4, 0.5) is 29.0 Å². The van der Waals surface area contributed by atoms with Crippen LogP contribution < -0.4 is 25.6 Å². The van der Waals surface area contributed by atoms with Crippen LogP contribution in [0, 0.1) is 0 Å². The predicted octanol–water partition coefficient (Wildman–Crippen LogP) is 3.66. The maximum atomic E-state index is 11.3. The minimum Gasteiger partial charge on any atom is -0.497 e. The molecule has 0 aliphatic carbocycles. The van der Waals surface area contributed by atoms with E-state index >= 15 is 0 Å². The molecule has 3 aromatic rings. The molecule has 2 heterocycles. The number of ether oxygens (including phenoxy) is 1. The van der Waals surface area contributed by atoms with Gasteiger partial charge in [-0.05, 0) is 55.3 Å². The van der Waals surface area contributed by atoms with Crippen molar-refractivity contribution in [2.75, 3.05) is 41.0 Å². The molecule has 9 nitrogen and oxygen atoms in total. The van der Waals surface area contributed by atoms with Crippen molar-refractivity contribution in [3.8, 4) is 5.75 Å². The van der Waals surface area contributed by atoms with Crippen molar-refractivity contribution in [3.05, 3.63) is 54.9 Å². The van der Waals surface area contributed by atoms with E-state index in [1.54, 1.807) is 7.11 Å². The Balaban J connectivity index is 1.34. The maximum Gasteiger partial charge on any atom is 0.231 e. The third-order valence-corrected chi connectivity index (χ3v) is 5.24. The average Bonchev–Trinajstić information content (AvgIpc) is 2.80. The van der Waals surface area contributed by atoms with Crippen LogP contribution in [0.25, 0.3) is 0 Å². The highest BCUT2D eigenvalue weighted by atomic mass is 16.5. The Morgan fingerprint density at radius 1 is 1.03 bits per heavy atom. The number of rotatable bonds is 7. The zero-order chi connectivity index (χ0) is 22.3. The summed E-state index contributed by atoms with van der Waals surface area (Å²) in [6.07, 6.45) is 3.49. The SMILES string of the molecule is COc1ccc(NC2CCN(c3ncnc(Nc4cccc(NC(C)=O)c4)n3)CC2)cc1. The lowest BCUT2D eigenvalue weighted by atomic mass is 10.0. The molecule has 0 atom stereocenters. The van der Waals surface area contributed by atoms with Crippen molar-refractivity contribution in [2.24, 2.45) is 0 Å². The number of carbonyl (C=O) groups is 1. The number of nitrogens with zero attached hydrogens (tertiary/aromatic N) is 4. The molecule has 0 unspecified atom stereocenters. The van der Waals surface area contributed by atoms with Crippen LogP contribution in [0.15, 0.2) is 54.9 Å². The Morgan fingerprint density at radius 2 is 1.78 bits per heavy atom. The number of hydrogen-bond acceptors (Lipinski definition) is 8. The van der Waals surface area contributed by atoms with Crippen LogP contribution in [0.5, 0.6) is 5.75 Å². The van der Waals surface area contributed by atoms with Gasteiger partial charge in [-0.1, -0.05) is 6.07 Å². The largest absolute Gasteiger partial charge is 0.497 e. The van der Waals surface area contributed by atoms with Crippen molar-refractivity contribution in [2.45, 2.75) is 25.8 Å². The molecule has 0 radical (unpaired) electrons. The zero-order valence-electron chi connectivity index (χ0n) is 18.2. The number of nitrogens with one attached hydrogen (secondary N) is 3. The molecular formula is C23H27N7O2. The first-order valence-corrected chi connectivity index (χ1v) is 10.6. The molecule has 4 rings (SSSR count). The lowest BCUT2D eigenvalue weighted by molar-refractivity contribution is -0.114. The maximum absolute atomic E-state index is 11.3. The fraction of sp³-hybridized carbons (Fsp3) is 0.304. The molecule has 1 fully saturated rings. The van der Waals surface area contributed by atoms with E-state index in [2.05, 4.69) is 35.8 Å². The van der Waals surface area contributed by atoms with E-state index in [0.29, 0.717) is 23.6 Å². The minimum atomic E-state index is -0.116. The number of benzene rings is 2. The zero-order valence-corrected chi connectivity index (χ0v) is 18.2. The molecule has 1 aliphatic heterocycles. The first kappa shape index (κ1) is 21.4. The molecule has 1 aromatic heterocycles. The van der Waals surface area contributed by atoms with Gasteiger partial charge in [-0.2, -0.15) is 4.98 Å². The van der Waals surface area contributed by atoms with Gasteiger partial charge in [-0.25, -0.2) is 9.97 Å². The van der Waals surface area contributed by atoms with Crippen molar-refractivity contribution in [1.82, 2.24) is 15.0 Å². The van der Waals surface area contributed by atoms with Gasteiger partial charge >= 0.3 is 0 Å². The predicted molar refractivity (Wildman–Crippen MR) is 126 cm³/mol. The van der Waals surface area contributed by atoms with Crippen molar-refractivity contribution in [1.29, 1.82) is 0 Å². The summed E-state index contributed by atoms with van der Waals surface area (Å²) in [6, 6.07) is 15.8. The topological polar surface area (TPSA) is 104 Å². The summed E-state index contributed by atoms with van der Waals surface area (Å²) in [4.78, 5) is 26.6. The van der Waals surface area contributed by atoms with Gasteiger partial charge < -0.3 is 25.6 Å². The molecular weight excluding hydrogens is 406 g/mol. The van der Waals surface area contributed by atoms with Crippen molar-refractivity contribution < 1.29 is 9.53 Å². The highest BCUT2D eigenvalue weighted by molar-refractivity contribution is 5.89. The van der Waals surface area contributed by atoms with Gasteiger partial charge in [-0.3, -0.25) is 4.79 Å². The summed E-state index contributed by atoms with van der Waals surface area (Å²) in [6.45, 7) is 3.19. The third-order valence-electron chi connectivity index (χ3n) is 5.24. The minimum absolute atomic E-state index is 0.116. The number of hydrogen-bond donors (Lipinski definition) is 3. The molecule has 0 spiro atoms. The molecule has 32 heavy (non-hydrogen) atoms. The van der Waals surface area contributed by atoms with Crippen LogP contribution in [-0.2, 0) is 4.79 Å². The number of amides is 1. The van der Waals surface area contributed by atoms with Crippen LogP contribution in [-0.4, -0.2) is 47.1 Å². The highest BCUT2D eigenvalue weighted by Crippen LogP contribution is 2.23. The summed E-state index contributed by atoms with van der Waals surface area (Å²) in [5.74, 6) is 1.86. The van der Waals surface area contributed by atoms with E-state index in [4.69, 9.17) is 4.74 Å². The summed E-state index contributed by atoms with van der Waals surface area (Å²) in [5.41, 5.74) is 2.59. The van der Waals surface area contributed by atoms with E-state index < -0.39 is 0 Å². The number of piperidine rings is 1. The highest BCUT2D eigenvalue weighted by Gasteiger charge is 2.21. The monoisotopic (exact) mass is 433 g/mol. The van der Waals surface area contributed by atoms with E-state index in [1.165, 1.54) is 13.3 Å². The Hall–Kier alpha value is -3.88. The fourth-order valence-corrected chi connectivity index (χ4v) is 3.65. The van der Waals surface area contributed by atoms with Gasteiger partial charge in [0.2, 0.25) is 17.8 Å². The molecule has 9 heteroatoms. The second-order valence-corrected chi connectivity index (χ2v) is 7.63. The van der Waals surface area contributed by atoms with Crippen LogP contribution in [0.2, 0.25) is 0 Å². The molecule has 1 saturated heterocycles. The first-order chi connectivity index (χ1) is 15.6. The number of aromatic nitrogens is 3. The number of anilines is 5. The van der Waals surface area contributed by atoms with Crippen LogP contribution in [0.3, 0.4) is 0 Å². The average molecular weight is 434 g/mol. The molecule has 0 saturated carbocycles. The van der Waals surface area contributed by atoms with Gasteiger partial charge in [0, 0.05) is 43.1 Å². The van der Waals surface area contributed by atoms with Crippen LogP contribution in [0.1, 0.15) is 19.8 Å². The van der Waals surface area contributed by atoms with Gasteiger partial charge in [0.25, 0.3) is 0 Å². The van der Waals surface area contributed by atoms with Crippen LogP contribution >= 0.6 is 0 Å². The normalized spacial score (nSPS) is 14.0. The second kappa shape index (κ2) is 9.95. The molecule has 3 N–H and O–H groups in total. The van der Waals surface area contributed by atoms with Gasteiger partial charge in [0.1, 0.15) is 12.1 Å². The Labute approximate surface area is 187 Å². The molecule has 1 amide bonds. The molecule has 166 valence electrons. The molecule has 2 aromatic carbocycles. The number of methoxy groups -OCH3 is 1. The van der Waals surface area contributed by atoms with E-state index in [-0.39, 0.29) is 5.91 Å². The van der Waals surface area contributed by atoms with E-state index in [0.717, 1.165) is 43.1 Å². The summed E-state index contributed by atoms with van der Waals surface area (Å²) >= 11 is 0. The van der Waals surface area contributed by atoms with Gasteiger partial charge in [0.05, 0.1) is 7.11 Å².